The number of carbonyl (C=O) groups is 1. The van der Waals surface area contributed by atoms with E-state index in [1.807, 2.05) is 18.2 Å². The highest BCUT2D eigenvalue weighted by Crippen LogP contribution is 2.18. The molecule has 1 heterocycles. The third kappa shape index (κ3) is 6.12. The highest BCUT2D eigenvalue weighted by atomic mass is 32.2. The molecule has 3 rings (SSSR count). The van der Waals surface area contributed by atoms with Gasteiger partial charge in [0.1, 0.15) is 16.8 Å². The summed E-state index contributed by atoms with van der Waals surface area (Å²) in [4.78, 5) is 14.8. The third-order valence-electron chi connectivity index (χ3n) is 5.52. The normalized spacial score (nSPS) is 15.9. The molecule has 1 saturated heterocycles. The fraction of sp³-hybridized carbons (Fsp3) is 0.435. The number of amides is 1. The molecule has 8 heteroatoms. The van der Waals surface area contributed by atoms with Gasteiger partial charge in [-0.05, 0) is 55.1 Å². The number of sulfonamides is 1. The minimum Gasteiger partial charge on any atom is -0.351 e. The quantitative estimate of drug-likeness (QED) is 0.619. The Bertz CT molecular complexity index is 1000. The van der Waals surface area contributed by atoms with Gasteiger partial charge in [-0.15, -0.1) is 0 Å². The maximum absolute atomic E-state index is 14.0. The highest BCUT2D eigenvalue weighted by Gasteiger charge is 2.29. The number of rotatable bonds is 9. The molecule has 0 radical (unpaired) electrons. The molecule has 168 valence electrons. The van der Waals surface area contributed by atoms with Gasteiger partial charge < -0.3 is 5.32 Å². The third-order valence-corrected chi connectivity index (χ3v) is 7.00. The first-order valence-electron chi connectivity index (χ1n) is 10.6. The van der Waals surface area contributed by atoms with Crippen molar-refractivity contribution in [1.82, 2.24) is 14.9 Å². The molecule has 0 aromatic heterocycles. The highest BCUT2D eigenvalue weighted by molar-refractivity contribution is 7.89. The zero-order valence-corrected chi connectivity index (χ0v) is 18.8. The molecular weight excluding hydrogens is 417 g/mol. The number of benzene rings is 2. The number of halogens is 1. The Morgan fingerprint density at radius 2 is 1.65 bits per heavy atom. The van der Waals surface area contributed by atoms with Crippen molar-refractivity contribution in [3.8, 4) is 0 Å². The van der Waals surface area contributed by atoms with Crippen LogP contribution in [0.1, 0.15) is 37.8 Å². The second-order valence-corrected chi connectivity index (χ2v) is 9.93. The molecule has 1 aliphatic heterocycles. The molecule has 6 nitrogen and oxygen atoms in total. The van der Waals surface area contributed by atoms with Gasteiger partial charge in [0.05, 0.1) is 0 Å². The first-order chi connectivity index (χ1) is 14.8. The smallest absolute Gasteiger partial charge is 0.244 e. The lowest BCUT2D eigenvalue weighted by Gasteiger charge is -2.22. The van der Waals surface area contributed by atoms with Crippen LogP contribution in [0.5, 0.6) is 0 Å². The molecular formula is C23H30FN3O3S. The van der Waals surface area contributed by atoms with E-state index in [2.05, 4.69) is 21.0 Å². The fourth-order valence-corrected chi connectivity index (χ4v) is 5.17. The van der Waals surface area contributed by atoms with Gasteiger partial charge in [-0.2, -0.15) is 4.72 Å². The van der Waals surface area contributed by atoms with E-state index in [0.717, 1.165) is 36.8 Å². The monoisotopic (exact) mass is 447 g/mol. The Morgan fingerprint density at radius 3 is 2.29 bits per heavy atom. The fourth-order valence-electron chi connectivity index (χ4n) is 3.74. The van der Waals surface area contributed by atoms with Crippen LogP contribution in [0.15, 0.2) is 53.4 Å². The van der Waals surface area contributed by atoms with Crippen LogP contribution in [-0.2, 0) is 27.9 Å². The molecule has 1 amide bonds. The number of hydrogen-bond acceptors (Lipinski definition) is 4. The summed E-state index contributed by atoms with van der Waals surface area (Å²) in [6, 6.07) is 12.0. The molecule has 0 bridgehead atoms. The Kier molecular flexibility index (Phi) is 7.80. The van der Waals surface area contributed by atoms with Crippen molar-refractivity contribution in [3.63, 3.8) is 0 Å². The topological polar surface area (TPSA) is 78.5 Å². The largest absolute Gasteiger partial charge is 0.351 e. The maximum Gasteiger partial charge on any atom is 0.244 e. The minimum absolute atomic E-state index is 0.299. The van der Waals surface area contributed by atoms with Crippen LogP contribution in [0.25, 0.3) is 0 Å². The standard InChI is InChI=1S/C23H30FN3O3S/c1-17(2)22(26-31(29,30)21-12-6-5-11-20(21)24)23(28)25-15-18-9-3-4-10-19(18)16-27-13-7-8-14-27/h3-6,9-12,17,22,26H,7-8,13-16H2,1-2H3,(H,25,28)/t22-/m0/s1. The number of carbonyl (C=O) groups excluding carboxylic acids is 1. The van der Waals surface area contributed by atoms with Crippen molar-refractivity contribution in [2.75, 3.05) is 13.1 Å². The van der Waals surface area contributed by atoms with Gasteiger partial charge in [0.2, 0.25) is 15.9 Å². The number of nitrogens with zero attached hydrogens (tertiary/aromatic N) is 1. The van der Waals surface area contributed by atoms with E-state index in [1.165, 1.54) is 31.0 Å². The zero-order valence-electron chi connectivity index (χ0n) is 18.0. The zero-order chi connectivity index (χ0) is 22.4. The summed E-state index contributed by atoms with van der Waals surface area (Å²) in [6.07, 6.45) is 2.41. The lowest BCUT2D eigenvalue weighted by molar-refractivity contribution is -0.123. The molecule has 0 spiro atoms. The minimum atomic E-state index is -4.18. The predicted octanol–water partition coefficient (Wildman–Crippen LogP) is 3.04. The number of likely N-dealkylation sites (tertiary alicyclic amines) is 1. The van der Waals surface area contributed by atoms with E-state index in [1.54, 1.807) is 13.8 Å². The second kappa shape index (κ2) is 10.3. The number of hydrogen-bond donors (Lipinski definition) is 2. The second-order valence-electron chi connectivity index (χ2n) is 8.24. The van der Waals surface area contributed by atoms with Crippen LogP contribution < -0.4 is 10.0 Å². The molecule has 2 aromatic rings. The summed E-state index contributed by atoms with van der Waals surface area (Å²) in [5.74, 6) is -1.61. The first kappa shape index (κ1) is 23.4. The van der Waals surface area contributed by atoms with Gasteiger partial charge in [-0.1, -0.05) is 50.2 Å². The van der Waals surface area contributed by atoms with Crippen molar-refractivity contribution in [2.45, 2.75) is 50.7 Å². The molecule has 2 aromatic carbocycles. The van der Waals surface area contributed by atoms with Crippen LogP contribution in [0.2, 0.25) is 0 Å². The summed E-state index contributed by atoms with van der Waals surface area (Å²) in [6.45, 7) is 6.78. The summed E-state index contributed by atoms with van der Waals surface area (Å²) >= 11 is 0. The van der Waals surface area contributed by atoms with Crippen LogP contribution in [-0.4, -0.2) is 38.4 Å². The molecule has 31 heavy (non-hydrogen) atoms. The van der Waals surface area contributed by atoms with E-state index in [4.69, 9.17) is 0 Å². The van der Waals surface area contributed by atoms with Crippen molar-refractivity contribution in [3.05, 3.63) is 65.5 Å². The summed E-state index contributed by atoms with van der Waals surface area (Å²) in [5.41, 5.74) is 2.15. The molecule has 2 N–H and O–H groups in total. The van der Waals surface area contributed by atoms with Gasteiger partial charge in [0.15, 0.2) is 0 Å². The molecule has 0 unspecified atom stereocenters. The molecule has 0 saturated carbocycles. The van der Waals surface area contributed by atoms with Crippen molar-refractivity contribution in [1.29, 1.82) is 0 Å². The van der Waals surface area contributed by atoms with Gasteiger partial charge in [0, 0.05) is 13.1 Å². The van der Waals surface area contributed by atoms with Crippen LogP contribution in [0.4, 0.5) is 4.39 Å². The van der Waals surface area contributed by atoms with Crippen LogP contribution in [0, 0.1) is 11.7 Å². The van der Waals surface area contributed by atoms with Gasteiger partial charge in [-0.3, -0.25) is 9.69 Å². The van der Waals surface area contributed by atoms with E-state index in [-0.39, 0.29) is 5.92 Å². The van der Waals surface area contributed by atoms with Crippen molar-refractivity contribution < 1.29 is 17.6 Å². The Morgan fingerprint density at radius 1 is 1.03 bits per heavy atom. The lowest BCUT2D eigenvalue weighted by atomic mass is 10.0. The molecule has 0 aliphatic carbocycles. The van der Waals surface area contributed by atoms with Gasteiger partial charge in [0.25, 0.3) is 0 Å². The summed E-state index contributed by atoms with van der Waals surface area (Å²) in [7, 11) is -4.18. The van der Waals surface area contributed by atoms with Crippen molar-refractivity contribution in [2.24, 2.45) is 5.92 Å². The summed E-state index contributed by atoms with van der Waals surface area (Å²) < 4.78 is 41.7. The lowest BCUT2D eigenvalue weighted by Crippen LogP contribution is -2.49. The summed E-state index contributed by atoms with van der Waals surface area (Å²) in [5, 5.41) is 2.86. The first-order valence-corrected chi connectivity index (χ1v) is 12.1. The van der Waals surface area contributed by atoms with Crippen molar-refractivity contribution >= 4 is 15.9 Å². The Labute approximate surface area is 183 Å². The van der Waals surface area contributed by atoms with E-state index < -0.39 is 32.7 Å². The van der Waals surface area contributed by atoms with Crippen LogP contribution in [0.3, 0.4) is 0 Å². The van der Waals surface area contributed by atoms with E-state index in [9.17, 15) is 17.6 Å². The SMILES string of the molecule is CC(C)[C@H](NS(=O)(=O)c1ccccc1F)C(=O)NCc1ccccc1CN1CCCC1. The van der Waals surface area contributed by atoms with Crippen LogP contribution >= 0.6 is 0 Å². The van der Waals surface area contributed by atoms with Gasteiger partial charge >= 0.3 is 0 Å². The molecule has 1 aliphatic rings. The molecule has 1 atom stereocenters. The van der Waals surface area contributed by atoms with E-state index >= 15 is 0 Å². The number of nitrogens with one attached hydrogen (secondary N) is 2. The molecule has 1 fully saturated rings. The average molecular weight is 448 g/mol. The van der Waals surface area contributed by atoms with Gasteiger partial charge in [-0.25, -0.2) is 12.8 Å². The Hall–Kier alpha value is -2.29. The predicted molar refractivity (Wildman–Crippen MR) is 118 cm³/mol. The van der Waals surface area contributed by atoms with E-state index in [0.29, 0.717) is 6.54 Å². The average Bonchev–Trinajstić information content (AvgIpc) is 3.24. The maximum atomic E-state index is 14.0. The Balaban J connectivity index is 1.69.